The van der Waals surface area contributed by atoms with Crippen LogP contribution in [0.3, 0.4) is 0 Å². The lowest BCUT2D eigenvalue weighted by Crippen LogP contribution is -2.12. The largest absolute Gasteiger partial charge is 0.496 e. The van der Waals surface area contributed by atoms with Crippen molar-refractivity contribution in [3.63, 3.8) is 0 Å². The Morgan fingerprint density at radius 1 is 1.38 bits per heavy atom. The molecule has 13 heavy (non-hydrogen) atoms. The quantitative estimate of drug-likeness (QED) is 0.675. The molecule has 1 unspecified atom stereocenters. The minimum Gasteiger partial charge on any atom is -0.496 e. The highest BCUT2D eigenvalue weighted by Crippen LogP contribution is 2.27. The van der Waals surface area contributed by atoms with Gasteiger partial charge in [-0.2, -0.15) is 0 Å². The van der Waals surface area contributed by atoms with Crippen molar-refractivity contribution in [1.82, 2.24) is 0 Å². The molecule has 0 heterocycles. The molecule has 1 atom stereocenters. The van der Waals surface area contributed by atoms with Crippen molar-refractivity contribution in [2.24, 2.45) is 5.73 Å². The van der Waals surface area contributed by atoms with E-state index in [9.17, 15) is 5.11 Å². The third-order valence-electron chi connectivity index (χ3n) is 2.01. The Kier molecular flexibility index (Phi) is 2.90. The van der Waals surface area contributed by atoms with Gasteiger partial charge in [0.05, 0.1) is 7.11 Å². The average molecular weight is 181 g/mol. The van der Waals surface area contributed by atoms with Crippen LogP contribution in [0.2, 0.25) is 0 Å². The van der Waals surface area contributed by atoms with E-state index in [2.05, 4.69) is 0 Å². The molecule has 0 aliphatic carbocycles. The summed E-state index contributed by atoms with van der Waals surface area (Å²) >= 11 is 0. The lowest BCUT2D eigenvalue weighted by molar-refractivity contribution is 0.181. The van der Waals surface area contributed by atoms with Gasteiger partial charge in [0.2, 0.25) is 0 Å². The molecule has 72 valence electrons. The molecule has 1 rings (SSSR count). The van der Waals surface area contributed by atoms with Crippen LogP contribution in [0, 0.1) is 13.8 Å². The van der Waals surface area contributed by atoms with Crippen molar-refractivity contribution < 1.29 is 9.84 Å². The van der Waals surface area contributed by atoms with Crippen LogP contribution in [0.4, 0.5) is 0 Å². The second-order valence-corrected chi connectivity index (χ2v) is 3.14. The number of aliphatic hydroxyl groups excluding tert-OH is 1. The molecule has 0 amide bonds. The van der Waals surface area contributed by atoms with Gasteiger partial charge in [0.1, 0.15) is 12.0 Å². The van der Waals surface area contributed by atoms with Gasteiger partial charge in [-0.3, -0.25) is 0 Å². The number of methoxy groups -OCH3 is 1. The molecule has 1 aromatic rings. The fourth-order valence-electron chi connectivity index (χ4n) is 1.49. The Morgan fingerprint density at radius 3 is 2.46 bits per heavy atom. The van der Waals surface area contributed by atoms with Crippen molar-refractivity contribution >= 4 is 0 Å². The van der Waals surface area contributed by atoms with Crippen LogP contribution in [0.15, 0.2) is 12.1 Å². The van der Waals surface area contributed by atoms with Crippen LogP contribution in [0.25, 0.3) is 0 Å². The lowest BCUT2D eigenvalue weighted by atomic mass is 10.0. The highest BCUT2D eigenvalue weighted by atomic mass is 16.5. The van der Waals surface area contributed by atoms with Crippen molar-refractivity contribution in [2.45, 2.75) is 20.1 Å². The number of aryl methyl sites for hydroxylation is 2. The lowest BCUT2D eigenvalue weighted by Gasteiger charge is -2.14. The first-order valence-electron chi connectivity index (χ1n) is 4.15. The summed E-state index contributed by atoms with van der Waals surface area (Å²) in [6.45, 7) is 3.88. The second-order valence-electron chi connectivity index (χ2n) is 3.14. The molecule has 0 radical (unpaired) electrons. The number of nitrogens with two attached hydrogens (primary N) is 1. The second kappa shape index (κ2) is 3.77. The minimum absolute atomic E-state index is 0.646. The molecule has 1 aromatic carbocycles. The van der Waals surface area contributed by atoms with Crippen LogP contribution in [0.1, 0.15) is 22.9 Å². The predicted octanol–water partition coefficient (Wildman–Crippen LogP) is 1.26. The van der Waals surface area contributed by atoms with Gasteiger partial charge >= 0.3 is 0 Å². The molecule has 3 heteroatoms. The van der Waals surface area contributed by atoms with Gasteiger partial charge in [-0.15, -0.1) is 0 Å². The van der Waals surface area contributed by atoms with Gasteiger partial charge in [-0.05, 0) is 31.0 Å². The number of benzene rings is 1. The molecular weight excluding hydrogens is 166 g/mol. The van der Waals surface area contributed by atoms with Crippen LogP contribution in [-0.4, -0.2) is 12.2 Å². The van der Waals surface area contributed by atoms with Gasteiger partial charge in [-0.1, -0.05) is 6.07 Å². The zero-order valence-electron chi connectivity index (χ0n) is 8.16. The maximum atomic E-state index is 9.31. The highest BCUT2D eigenvalue weighted by Gasteiger charge is 2.12. The van der Waals surface area contributed by atoms with E-state index in [-0.39, 0.29) is 0 Å². The van der Waals surface area contributed by atoms with E-state index in [0.717, 1.165) is 11.1 Å². The average Bonchev–Trinajstić information content (AvgIpc) is 2.01. The zero-order chi connectivity index (χ0) is 10.0. The van der Waals surface area contributed by atoms with E-state index in [0.29, 0.717) is 11.3 Å². The summed E-state index contributed by atoms with van der Waals surface area (Å²) in [6.07, 6.45) is -0.976. The van der Waals surface area contributed by atoms with Crippen LogP contribution < -0.4 is 10.5 Å². The Balaban J connectivity index is 3.30. The first-order valence-corrected chi connectivity index (χ1v) is 4.15. The summed E-state index contributed by atoms with van der Waals surface area (Å²) in [7, 11) is 1.57. The molecule has 0 saturated heterocycles. The zero-order valence-corrected chi connectivity index (χ0v) is 8.16. The number of ether oxygens (including phenoxy) is 1. The van der Waals surface area contributed by atoms with Crippen LogP contribution >= 0.6 is 0 Å². The molecule has 0 aliphatic rings. The van der Waals surface area contributed by atoms with Gasteiger partial charge in [0.15, 0.2) is 0 Å². The van der Waals surface area contributed by atoms with Crippen LogP contribution in [0.5, 0.6) is 5.75 Å². The number of hydrogen-bond acceptors (Lipinski definition) is 3. The van der Waals surface area contributed by atoms with Crippen molar-refractivity contribution in [3.05, 3.63) is 28.8 Å². The fourth-order valence-corrected chi connectivity index (χ4v) is 1.49. The van der Waals surface area contributed by atoms with Crippen molar-refractivity contribution in [2.75, 3.05) is 7.11 Å². The SMILES string of the molecule is COc1cc(C)cc(C)c1C(N)O. The molecular formula is C10H15NO2. The summed E-state index contributed by atoms with van der Waals surface area (Å²) in [5, 5.41) is 9.31. The van der Waals surface area contributed by atoms with E-state index >= 15 is 0 Å². The maximum absolute atomic E-state index is 9.31. The first kappa shape index (κ1) is 10.0. The smallest absolute Gasteiger partial charge is 0.132 e. The fraction of sp³-hybridized carbons (Fsp3) is 0.400. The topological polar surface area (TPSA) is 55.5 Å². The summed E-state index contributed by atoms with van der Waals surface area (Å²) in [5.41, 5.74) is 8.12. The maximum Gasteiger partial charge on any atom is 0.132 e. The van der Waals surface area contributed by atoms with E-state index in [1.54, 1.807) is 7.11 Å². The van der Waals surface area contributed by atoms with Crippen molar-refractivity contribution in [3.8, 4) is 5.75 Å². The third-order valence-corrected chi connectivity index (χ3v) is 2.01. The minimum atomic E-state index is -0.976. The number of rotatable bonds is 2. The van der Waals surface area contributed by atoms with Crippen LogP contribution in [-0.2, 0) is 0 Å². The predicted molar refractivity (Wildman–Crippen MR) is 51.6 cm³/mol. The first-order chi connectivity index (χ1) is 6.06. The third kappa shape index (κ3) is 1.99. The van der Waals surface area contributed by atoms with E-state index < -0.39 is 6.23 Å². The van der Waals surface area contributed by atoms with Crippen molar-refractivity contribution in [1.29, 1.82) is 0 Å². The monoisotopic (exact) mass is 181 g/mol. The highest BCUT2D eigenvalue weighted by molar-refractivity contribution is 5.43. The summed E-state index contributed by atoms with van der Waals surface area (Å²) in [6, 6.07) is 3.83. The molecule has 0 saturated carbocycles. The molecule has 3 nitrogen and oxygen atoms in total. The summed E-state index contributed by atoms with van der Waals surface area (Å²) in [5.74, 6) is 0.646. The molecule has 3 N–H and O–H groups in total. The number of hydrogen-bond donors (Lipinski definition) is 2. The molecule has 0 aromatic heterocycles. The van der Waals surface area contributed by atoms with Gasteiger partial charge in [0, 0.05) is 5.56 Å². The Bertz CT molecular complexity index is 308. The Hall–Kier alpha value is -1.06. The van der Waals surface area contributed by atoms with Gasteiger partial charge in [0.25, 0.3) is 0 Å². The molecule has 0 bridgehead atoms. The van der Waals surface area contributed by atoms with E-state index in [1.807, 2.05) is 26.0 Å². The van der Waals surface area contributed by atoms with E-state index in [4.69, 9.17) is 10.5 Å². The summed E-state index contributed by atoms with van der Waals surface area (Å²) in [4.78, 5) is 0. The molecule has 0 spiro atoms. The van der Waals surface area contributed by atoms with Gasteiger partial charge < -0.3 is 15.6 Å². The summed E-state index contributed by atoms with van der Waals surface area (Å²) < 4.78 is 5.13. The Labute approximate surface area is 78.1 Å². The molecule has 0 fully saturated rings. The molecule has 0 aliphatic heterocycles. The van der Waals surface area contributed by atoms with E-state index in [1.165, 1.54) is 0 Å². The Morgan fingerprint density at radius 2 is 2.00 bits per heavy atom. The van der Waals surface area contributed by atoms with Gasteiger partial charge in [-0.25, -0.2) is 0 Å². The standard InChI is InChI=1S/C10H15NO2/c1-6-4-7(2)9(10(11)12)8(5-6)13-3/h4-5,10,12H,11H2,1-3H3. The number of aliphatic hydroxyl groups is 1. The normalized spacial score (nSPS) is 12.7.